The van der Waals surface area contributed by atoms with Crippen molar-refractivity contribution in [1.29, 1.82) is 0 Å². The van der Waals surface area contributed by atoms with Gasteiger partial charge in [-0.1, -0.05) is 24.3 Å². The van der Waals surface area contributed by atoms with E-state index >= 15 is 0 Å². The maximum absolute atomic E-state index is 12.1. The van der Waals surface area contributed by atoms with Crippen molar-refractivity contribution in [3.63, 3.8) is 0 Å². The Morgan fingerprint density at radius 2 is 1.47 bits per heavy atom. The van der Waals surface area contributed by atoms with Crippen LogP contribution in [0.25, 0.3) is 0 Å². The van der Waals surface area contributed by atoms with Crippen molar-refractivity contribution in [2.75, 3.05) is 7.11 Å². The average Bonchev–Trinajstić information content (AvgIpc) is 3.42. The number of hydrogen-bond acceptors (Lipinski definition) is 5. The van der Waals surface area contributed by atoms with Crippen molar-refractivity contribution >= 4 is 57.1 Å². The number of halogens is 2. The van der Waals surface area contributed by atoms with Crippen LogP contribution in [0.5, 0.6) is 0 Å². The van der Waals surface area contributed by atoms with E-state index in [2.05, 4.69) is 111 Å². The molecule has 0 radical (unpaired) electrons. The summed E-state index contributed by atoms with van der Waals surface area (Å²) in [6.45, 7) is 2.07. The van der Waals surface area contributed by atoms with Crippen molar-refractivity contribution in [2.24, 2.45) is 11.8 Å². The number of piperidine rings is 2. The van der Waals surface area contributed by atoms with Crippen molar-refractivity contribution in [3.05, 3.63) is 66.8 Å². The summed E-state index contributed by atoms with van der Waals surface area (Å²) < 4.78 is 7.46. The topological polar surface area (TPSA) is 87.7 Å². The SMILES string of the molecule is COC(=O)[C@H]1[C@@H](c2ccc(I)cc2)C[C@@H]2CC[C@H]1N2.C[C@@]12CC[C@@H](C[C@H](c3ccc(I)cc3)[C@@H]1C(=O)O)N2. The number of hydrogen-bond donors (Lipinski definition) is 3. The Labute approximate surface area is 252 Å². The predicted molar refractivity (Wildman–Crippen MR) is 164 cm³/mol. The summed E-state index contributed by atoms with van der Waals surface area (Å²) in [4.78, 5) is 23.9. The van der Waals surface area contributed by atoms with Gasteiger partial charge in [0, 0.05) is 42.6 Å². The molecule has 4 bridgehead atoms. The number of aliphatic carboxylic acids is 1. The number of benzene rings is 2. The highest BCUT2D eigenvalue weighted by Crippen LogP contribution is 2.47. The molecule has 0 saturated carbocycles. The Morgan fingerprint density at radius 3 is 2.05 bits per heavy atom. The number of rotatable bonds is 4. The number of ether oxygens (including phenoxy) is 1. The Kier molecular flexibility index (Phi) is 8.71. The van der Waals surface area contributed by atoms with Crippen LogP contribution in [0.15, 0.2) is 48.5 Å². The molecule has 0 aliphatic carbocycles. The maximum atomic E-state index is 12.1. The van der Waals surface area contributed by atoms with Crippen molar-refractivity contribution in [3.8, 4) is 0 Å². The molecule has 0 spiro atoms. The number of carbonyl (C=O) groups excluding carboxylic acids is 1. The number of fused-ring (bicyclic) bond motifs is 4. The minimum Gasteiger partial charge on any atom is -0.481 e. The average molecular weight is 742 g/mol. The molecule has 8 heteroatoms. The number of esters is 1. The Bertz CT molecular complexity index is 1160. The smallest absolute Gasteiger partial charge is 0.310 e. The highest BCUT2D eigenvalue weighted by molar-refractivity contribution is 14.1. The first-order valence-electron chi connectivity index (χ1n) is 13.5. The monoisotopic (exact) mass is 742 g/mol. The van der Waals surface area contributed by atoms with Gasteiger partial charge in [-0.15, -0.1) is 0 Å². The second kappa shape index (κ2) is 11.7. The molecule has 3 N–H and O–H groups in total. The van der Waals surface area contributed by atoms with Crippen LogP contribution in [-0.4, -0.2) is 47.8 Å². The van der Waals surface area contributed by atoms with Gasteiger partial charge in [0.15, 0.2) is 0 Å². The van der Waals surface area contributed by atoms with Gasteiger partial charge in [0.05, 0.1) is 18.9 Å². The number of carbonyl (C=O) groups is 2. The van der Waals surface area contributed by atoms with E-state index in [9.17, 15) is 14.7 Å². The lowest BCUT2D eigenvalue weighted by atomic mass is 9.70. The molecule has 8 atom stereocenters. The van der Waals surface area contributed by atoms with E-state index in [1.165, 1.54) is 31.8 Å². The molecular weight excluding hydrogens is 706 g/mol. The van der Waals surface area contributed by atoms with Crippen LogP contribution in [-0.2, 0) is 14.3 Å². The van der Waals surface area contributed by atoms with Gasteiger partial charge >= 0.3 is 11.9 Å². The molecule has 38 heavy (non-hydrogen) atoms. The summed E-state index contributed by atoms with van der Waals surface area (Å²) in [5.74, 6) is -0.674. The molecule has 4 fully saturated rings. The number of carboxylic acids is 1. The van der Waals surface area contributed by atoms with Crippen molar-refractivity contribution in [1.82, 2.24) is 10.6 Å². The van der Waals surface area contributed by atoms with Gasteiger partial charge in [-0.25, -0.2) is 0 Å². The lowest BCUT2D eigenvalue weighted by molar-refractivity contribution is -0.148. The third-order valence-electron chi connectivity index (χ3n) is 9.19. The number of carboxylic acid groups (broad SMARTS) is 1. The lowest BCUT2D eigenvalue weighted by Gasteiger charge is -2.42. The first-order chi connectivity index (χ1) is 18.2. The molecule has 4 aliphatic heterocycles. The molecule has 4 aliphatic rings. The normalized spacial score (nSPS) is 35.2. The fourth-order valence-electron chi connectivity index (χ4n) is 7.45. The quantitative estimate of drug-likeness (QED) is 0.277. The van der Waals surface area contributed by atoms with Crippen LogP contribution >= 0.6 is 45.2 Å². The zero-order valence-electron chi connectivity index (χ0n) is 21.8. The highest BCUT2D eigenvalue weighted by atomic mass is 127. The minimum atomic E-state index is -0.668. The second-order valence-corrected chi connectivity index (χ2v) is 14.0. The zero-order chi connectivity index (χ0) is 27.0. The van der Waals surface area contributed by atoms with E-state index < -0.39 is 5.97 Å². The summed E-state index contributed by atoms with van der Waals surface area (Å²) >= 11 is 4.59. The standard InChI is InChI=1S/2C15H18INO2/c1-15-7-6-11(17-15)8-12(13(15)14(18)19)9-2-4-10(16)5-3-9;1-19-15(18)14-12(8-11-6-7-13(14)17-11)9-2-4-10(16)5-3-9/h2-5,11-13,17H,6-8H2,1H3,(H,18,19);2-5,11-14,17H,6-8H2,1H3/t11-,12+,13+,15+;11-,12+,13+,14-/m00/s1. The van der Waals surface area contributed by atoms with Crippen molar-refractivity contribution < 1.29 is 19.4 Å². The maximum Gasteiger partial charge on any atom is 0.310 e. The molecular formula is C30H36I2N2O4. The minimum absolute atomic E-state index is 0.0381. The molecule has 0 unspecified atom stereocenters. The van der Waals surface area contributed by atoms with Crippen LogP contribution in [0.1, 0.15) is 68.4 Å². The Hall–Kier alpha value is -1.24. The summed E-state index contributed by atoms with van der Waals surface area (Å²) in [6, 6.07) is 18.2. The van der Waals surface area contributed by atoms with Crippen LogP contribution in [0.2, 0.25) is 0 Å². The third-order valence-corrected chi connectivity index (χ3v) is 10.6. The number of methoxy groups -OCH3 is 1. The fraction of sp³-hybridized carbons (Fsp3) is 0.533. The van der Waals surface area contributed by atoms with Crippen LogP contribution in [0, 0.1) is 19.0 Å². The molecule has 0 aromatic heterocycles. The van der Waals surface area contributed by atoms with E-state index in [1.807, 2.05) is 0 Å². The van der Waals surface area contributed by atoms with Gasteiger partial charge in [0.25, 0.3) is 0 Å². The van der Waals surface area contributed by atoms with Gasteiger partial charge in [0.2, 0.25) is 0 Å². The van der Waals surface area contributed by atoms with E-state index in [0.717, 1.165) is 32.1 Å². The van der Waals surface area contributed by atoms with E-state index in [1.54, 1.807) is 0 Å². The fourth-order valence-corrected chi connectivity index (χ4v) is 8.17. The first kappa shape index (κ1) is 28.3. The van der Waals surface area contributed by atoms with Crippen molar-refractivity contribution in [2.45, 2.75) is 80.9 Å². The molecule has 2 aromatic rings. The van der Waals surface area contributed by atoms with E-state index in [4.69, 9.17) is 4.74 Å². The van der Waals surface area contributed by atoms with Crippen LogP contribution < -0.4 is 10.6 Å². The second-order valence-electron chi connectivity index (χ2n) is 11.5. The summed E-state index contributed by atoms with van der Waals surface area (Å²) in [5, 5.41) is 16.8. The predicted octanol–water partition coefficient (Wildman–Crippen LogP) is 5.68. The summed E-state index contributed by atoms with van der Waals surface area (Å²) in [7, 11) is 1.49. The van der Waals surface area contributed by atoms with Gasteiger partial charge in [-0.05, 0) is 126 Å². The summed E-state index contributed by atoms with van der Waals surface area (Å²) in [6.07, 6.45) is 6.31. The molecule has 2 aromatic carbocycles. The largest absolute Gasteiger partial charge is 0.481 e. The van der Waals surface area contributed by atoms with Gasteiger partial charge in [-0.3, -0.25) is 9.59 Å². The van der Waals surface area contributed by atoms with Gasteiger partial charge in [-0.2, -0.15) is 0 Å². The van der Waals surface area contributed by atoms with Crippen LogP contribution in [0.3, 0.4) is 0 Å². The Balaban J connectivity index is 0.000000155. The molecule has 4 heterocycles. The molecule has 204 valence electrons. The third kappa shape index (κ3) is 5.78. The Morgan fingerprint density at radius 1 is 0.895 bits per heavy atom. The molecule has 4 saturated heterocycles. The van der Waals surface area contributed by atoms with Crippen LogP contribution in [0.4, 0.5) is 0 Å². The number of nitrogens with one attached hydrogen (secondary N) is 2. The van der Waals surface area contributed by atoms with Gasteiger partial charge < -0.3 is 20.5 Å². The summed E-state index contributed by atoms with van der Waals surface area (Å²) in [5.41, 5.74) is 2.20. The first-order valence-corrected chi connectivity index (χ1v) is 15.7. The lowest BCUT2D eigenvalue weighted by Crippen LogP contribution is -2.56. The van der Waals surface area contributed by atoms with E-state index in [-0.39, 0.29) is 35.3 Å². The molecule has 6 nitrogen and oxygen atoms in total. The molecule has 6 rings (SSSR count). The van der Waals surface area contributed by atoms with Gasteiger partial charge in [0.1, 0.15) is 0 Å². The van der Waals surface area contributed by atoms with E-state index in [0.29, 0.717) is 18.0 Å². The highest BCUT2D eigenvalue weighted by Gasteiger charge is 2.53. The molecule has 0 amide bonds. The zero-order valence-corrected chi connectivity index (χ0v) is 26.1.